The van der Waals surface area contributed by atoms with Crippen LogP contribution in [0.2, 0.25) is 0 Å². The van der Waals surface area contributed by atoms with Gasteiger partial charge in [0.25, 0.3) is 5.88 Å². The Morgan fingerprint density at radius 1 is 1.54 bits per heavy atom. The standard InChI is InChI=1S/C8H11N2O3/c1-8(2,3)13-7(12)6-9-4-5(11)10-6/h4H,1-3H3,(H,9,10). The molecule has 0 spiro atoms. The maximum absolute atomic E-state index is 11.2. The molecule has 0 saturated carbocycles. The van der Waals surface area contributed by atoms with Crippen LogP contribution in [0.4, 0.5) is 0 Å². The molecule has 0 unspecified atom stereocenters. The van der Waals surface area contributed by atoms with E-state index in [-0.39, 0.29) is 5.82 Å². The second kappa shape index (κ2) is 3.08. The average molecular weight is 183 g/mol. The Morgan fingerprint density at radius 3 is 2.54 bits per heavy atom. The summed E-state index contributed by atoms with van der Waals surface area (Å²) in [5.74, 6) is -1.14. The second-order valence-corrected chi connectivity index (χ2v) is 3.59. The zero-order chi connectivity index (χ0) is 10.1. The number of hydrogen-bond acceptors (Lipinski definition) is 3. The van der Waals surface area contributed by atoms with Crippen molar-refractivity contribution in [3.8, 4) is 5.88 Å². The van der Waals surface area contributed by atoms with E-state index in [1.807, 2.05) is 0 Å². The highest BCUT2D eigenvalue weighted by atomic mass is 16.6. The minimum Gasteiger partial charge on any atom is -0.454 e. The highest BCUT2D eigenvalue weighted by Crippen LogP contribution is 2.11. The van der Waals surface area contributed by atoms with Crippen molar-refractivity contribution in [2.24, 2.45) is 0 Å². The first-order chi connectivity index (χ1) is 5.88. The average Bonchev–Trinajstić information content (AvgIpc) is 2.31. The molecule has 0 atom stereocenters. The number of nitrogens with one attached hydrogen (secondary N) is 1. The van der Waals surface area contributed by atoms with Crippen LogP contribution in [0.5, 0.6) is 5.88 Å². The summed E-state index contributed by atoms with van der Waals surface area (Å²) in [6.07, 6.45) is 1.11. The Balaban J connectivity index is 2.70. The molecule has 0 saturated heterocycles. The van der Waals surface area contributed by atoms with Crippen molar-refractivity contribution in [2.45, 2.75) is 26.4 Å². The molecule has 0 aliphatic carbocycles. The molecule has 0 aromatic carbocycles. The number of esters is 1. The van der Waals surface area contributed by atoms with Crippen molar-refractivity contribution >= 4 is 5.97 Å². The Morgan fingerprint density at radius 2 is 2.15 bits per heavy atom. The van der Waals surface area contributed by atoms with E-state index in [4.69, 9.17) is 4.74 Å². The number of carbonyl (C=O) groups is 1. The van der Waals surface area contributed by atoms with Crippen LogP contribution in [0.1, 0.15) is 31.4 Å². The number of rotatable bonds is 1. The molecule has 71 valence electrons. The van der Waals surface area contributed by atoms with Crippen LogP contribution in [-0.2, 0) is 9.84 Å². The number of nitrogens with zero attached hydrogens (tertiary/aromatic N) is 1. The molecule has 1 rings (SSSR count). The van der Waals surface area contributed by atoms with E-state index < -0.39 is 17.5 Å². The first-order valence-electron chi connectivity index (χ1n) is 3.84. The van der Waals surface area contributed by atoms with Crippen LogP contribution in [0.3, 0.4) is 0 Å². The lowest BCUT2D eigenvalue weighted by atomic mass is 10.2. The van der Waals surface area contributed by atoms with Gasteiger partial charge in [-0.25, -0.2) is 4.79 Å². The van der Waals surface area contributed by atoms with Gasteiger partial charge in [0.2, 0.25) is 5.82 Å². The Bertz CT molecular complexity index is 311. The zero-order valence-electron chi connectivity index (χ0n) is 7.75. The van der Waals surface area contributed by atoms with Crippen LogP contribution < -0.4 is 0 Å². The quantitative estimate of drug-likeness (QED) is 0.670. The molecular formula is C8H11N2O3. The van der Waals surface area contributed by atoms with Gasteiger partial charge >= 0.3 is 5.97 Å². The highest BCUT2D eigenvalue weighted by Gasteiger charge is 2.20. The largest absolute Gasteiger partial charge is 0.454 e. The molecule has 1 heterocycles. The van der Waals surface area contributed by atoms with Crippen molar-refractivity contribution in [2.75, 3.05) is 0 Å². The van der Waals surface area contributed by atoms with Crippen LogP contribution in [0, 0.1) is 0 Å². The van der Waals surface area contributed by atoms with E-state index in [1.165, 1.54) is 0 Å². The van der Waals surface area contributed by atoms with Gasteiger partial charge in [-0.2, -0.15) is 4.98 Å². The molecule has 0 fully saturated rings. The maximum atomic E-state index is 11.2. The van der Waals surface area contributed by atoms with Crippen molar-refractivity contribution in [3.63, 3.8) is 0 Å². The van der Waals surface area contributed by atoms with E-state index in [9.17, 15) is 9.90 Å². The van der Waals surface area contributed by atoms with Gasteiger partial charge in [-0.1, -0.05) is 0 Å². The number of aromatic amines is 1. The van der Waals surface area contributed by atoms with Gasteiger partial charge in [0, 0.05) is 0 Å². The molecule has 0 aliphatic heterocycles. The summed E-state index contributed by atoms with van der Waals surface area (Å²) in [4.78, 5) is 17.1. The third kappa shape index (κ3) is 2.77. The van der Waals surface area contributed by atoms with E-state index in [1.54, 1.807) is 20.8 Å². The van der Waals surface area contributed by atoms with Gasteiger partial charge in [0.05, 0.1) is 6.20 Å². The van der Waals surface area contributed by atoms with Gasteiger partial charge < -0.3 is 9.72 Å². The highest BCUT2D eigenvalue weighted by molar-refractivity contribution is 5.85. The predicted octanol–water partition coefficient (Wildman–Crippen LogP) is 1.51. The maximum Gasteiger partial charge on any atom is 0.374 e. The lowest BCUT2D eigenvalue weighted by Crippen LogP contribution is -2.24. The van der Waals surface area contributed by atoms with Gasteiger partial charge in [0.15, 0.2) is 0 Å². The van der Waals surface area contributed by atoms with Gasteiger partial charge in [0.1, 0.15) is 5.60 Å². The Hall–Kier alpha value is -1.52. The van der Waals surface area contributed by atoms with Crippen molar-refractivity contribution < 1.29 is 14.6 Å². The monoisotopic (exact) mass is 183 g/mol. The topological polar surface area (TPSA) is 74.9 Å². The summed E-state index contributed by atoms with van der Waals surface area (Å²) in [7, 11) is 0. The smallest absolute Gasteiger partial charge is 0.374 e. The summed E-state index contributed by atoms with van der Waals surface area (Å²) < 4.78 is 4.97. The number of carbonyl (C=O) groups excluding carboxylic acids is 1. The SMILES string of the molecule is CC(C)(C)OC(=O)c1nc([O])c[nH]1. The fourth-order valence-corrected chi connectivity index (χ4v) is 0.736. The van der Waals surface area contributed by atoms with E-state index in [0.717, 1.165) is 6.20 Å². The Labute approximate surface area is 75.8 Å². The predicted molar refractivity (Wildman–Crippen MR) is 43.9 cm³/mol. The minimum atomic E-state index is -0.616. The summed E-state index contributed by atoms with van der Waals surface area (Å²) in [6.45, 7) is 5.23. The van der Waals surface area contributed by atoms with Crippen LogP contribution in [-0.4, -0.2) is 21.5 Å². The molecule has 0 bridgehead atoms. The summed E-state index contributed by atoms with van der Waals surface area (Å²) in [6, 6.07) is 0. The second-order valence-electron chi connectivity index (χ2n) is 3.59. The molecule has 5 nitrogen and oxygen atoms in total. The number of aromatic nitrogens is 2. The fraction of sp³-hybridized carbons (Fsp3) is 0.500. The number of imidazole rings is 1. The fourth-order valence-electron chi connectivity index (χ4n) is 0.736. The molecule has 1 radical (unpaired) electrons. The molecule has 5 heteroatoms. The summed E-state index contributed by atoms with van der Waals surface area (Å²) in [5, 5.41) is 10.6. The normalized spacial score (nSPS) is 11.3. The first kappa shape index (κ1) is 9.57. The number of ether oxygens (including phenoxy) is 1. The van der Waals surface area contributed by atoms with Crippen LogP contribution >= 0.6 is 0 Å². The van der Waals surface area contributed by atoms with E-state index in [2.05, 4.69) is 9.97 Å². The molecule has 0 aliphatic rings. The molecule has 13 heavy (non-hydrogen) atoms. The molecular weight excluding hydrogens is 172 g/mol. The number of hydrogen-bond donors (Lipinski definition) is 1. The van der Waals surface area contributed by atoms with E-state index in [0.29, 0.717) is 0 Å². The van der Waals surface area contributed by atoms with Gasteiger partial charge in [-0.15, -0.1) is 0 Å². The molecule has 1 aromatic rings. The molecule has 1 aromatic heterocycles. The first-order valence-corrected chi connectivity index (χ1v) is 3.84. The summed E-state index contributed by atoms with van der Waals surface area (Å²) in [5.41, 5.74) is -0.576. The van der Waals surface area contributed by atoms with Gasteiger partial charge in [-0.05, 0) is 20.8 Å². The summed E-state index contributed by atoms with van der Waals surface area (Å²) >= 11 is 0. The lowest BCUT2D eigenvalue weighted by Gasteiger charge is -2.18. The lowest BCUT2D eigenvalue weighted by molar-refractivity contribution is 0.00560. The molecule has 1 N–H and O–H groups in total. The number of H-pyrrole nitrogens is 1. The minimum absolute atomic E-state index is 0.0556. The third-order valence-electron chi connectivity index (χ3n) is 1.15. The molecule has 0 amide bonds. The zero-order valence-corrected chi connectivity index (χ0v) is 7.75. The van der Waals surface area contributed by atoms with Crippen molar-refractivity contribution in [1.82, 2.24) is 9.97 Å². The van der Waals surface area contributed by atoms with E-state index >= 15 is 0 Å². The van der Waals surface area contributed by atoms with Crippen LogP contribution in [0.15, 0.2) is 6.20 Å². The third-order valence-corrected chi connectivity index (χ3v) is 1.15. The van der Waals surface area contributed by atoms with Gasteiger partial charge in [-0.3, -0.25) is 5.11 Å². The van der Waals surface area contributed by atoms with Crippen molar-refractivity contribution in [3.05, 3.63) is 12.0 Å². The van der Waals surface area contributed by atoms with Crippen molar-refractivity contribution in [1.29, 1.82) is 0 Å². The Kier molecular flexibility index (Phi) is 2.27. The van der Waals surface area contributed by atoms with Crippen LogP contribution in [0.25, 0.3) is 0 Å².